The molecule has 0 spiro atoms. The molecule has 3 atom stereocenters. The van der Waals surface area contributed by atoms with Crippen molar-refractivity contribution in [2.45, 2.75) is 51.6 Å². The number of furan rings is 1. The van der Waals surface area contributed by atoms with E-state index in [9.17, 15) is 47.9 Å². The van der Waals surface area contributed by atoms with Crippen LogP contribution in [-0.2, 0) is 25.6 Å². The summed E-state index contributed by atoms with van der Waals surface area (Å²) in [7, 11) is 0. The molecule has 15 nitrogen and oxygen atoms in total. The number of hydroxylamine groups is 2. The van der Waals surface area contributed by atoms with E-state index in [1.165, 1.54) is 36.4 Å². The Bertz CT molecular complexity index is 1710. The lowest BCUT2D eigenvalue weighted by Crippen LogP contribution is -2.47. The number of carbonyl (C=O) groups excluding carboxylic acids is 4. The molecule has 1 aromatic heterocycles. The van der Waals surface area contributed by atoms with Gasteiger partial charge in [-0.3, -0.25) is 29.2 Å². The number of ether oxygens (including phenoxy) is 1. The minimum absolute atomic E-state index is 0.0147. The lowest BCUT2D eigenvalue weighted by atomic mass is 9.89. The van der Waals surface area contributed by atoms with Gasteiger partial charge in [0, 0.05) is 11.6 Å². The van der Waals surface area contributed by atoms with Gasteiger partial charge in [0.1, 0.15) is 29.2 Å². The summed E-state index contributed by atoms with van der Waals surface area (Å²) in [5.74, 6) is -7.80. The van der Waals surface area contributed by atoms with Crippen LogP contribution in [0.1, 0.15) is 59.6 Å². The standard InChI is InChI=1S/C33H36F2N4O11/c1-3-25(39(48)17-40)21(9-6-18-5-8-20(34)14-23(18)35)30(43)36-16-37-32(45)27-12-11-26(50-27)19-7-10-22(28(13-19)49-4-2)31(44)38-24(33(46)47)15-29(41)42/h5,7-8,10-14,17,21,24-25,48H,3-4,6,9,15-16H2,1-2H3,(H,36,43)(H,37,45)(H,38,44)(H,41,42)(H,46,47)/t21?,24-,25-/m1/s1. The number of aliphatic carboxylic acids is 2. The van der Waals surface area contributed by atoms with E-state index in [2.05, 4.69) is 16.0 Å². The molecule has 268 valence electrons. The maximum Gasteiger partial charge on any atom is 0.326 e. The molecule has 6 N–H and O–H groups in total. The predicted molar refractivity (Wildman–Crippen MR) is 169 cm³/mol. The van der Waals surface area contributed by atoms with Crippen LogP contribution in [0.2, 0.25) is 0 Å². The maximum absolute atomic E-state index is 14.2. The molecule has 1 heterocycles. The van der Waals surface area contributed by atoms with Crippen LogP contribution in [0.25, 0.3) is 11.3 Å². The highest BCUT2D eigenvalue weighted by atomic mass is 19.1. The van der Waals surface area contributed by atoms with Crippen molar-refractivity contribution in [2.75, 3.05) is 13.3 Å². The van der Waals surface area contributed by atoms with Crippen LogP contribution < -0.4 is 20.7 Å². The summed E-state index contributed by atoms with van der Waals surface area (Å²) in [5.41, 5.74) is 0.425. The molecule has 3 rings (SSSR count). The van der Waals surface area contributed by atoms with Gasteiger partial charge in [0.2, 0.25) is 12.3 Å². The first-order valence-corrected chi connectivity index (χ1v) is 15.3. The largest absolute Gasteiger partial charge is 0.493 e. The maximum atomic E-state index is 14.2. The molecule has 0 saturated carbocycles. The monoisotopic (exact) mass is 702 g/mol. The number of nitrogens with one attached hydrogen (secondary N) is 3. The SMILES string of the molecule is CCOc1cc(-c2ccc(C(=O)NCNC(=O)C(CCc3ccc(F)cc3F)[C@@H](CC)N(O)C=O)o2)ccc1C(=O)N[C@H](CC(=O)O)C(=O)O. The van der Waals surface area contributed by atoms with Crippen molar-refractivity contribution in [2.24, 2.45) is 5.92 Å². The summed E-state index contributed by atoms with van der Waals surface area (Å²) in [5, 5.41) is 35.7. The molecule has 0 aliphatic heterocycles. The van der Waals surface area contributed by atoms with Crippen LogP contribution in [0.5, 0.6) is 5.75 Å². The van der Waals surface area contributed by atoms with Crippen molar-refractivity contribution < 1.29 is 62.1 Å². The number of carbonyl (C=O) groups is 6. The minimum atomic E-state index is -1.68. The Morgan fingerprint density at radius 3 is 2.34 bits per heavy atom. The Morgan fingerprint density at radius 2 is 1.72 bits per heavy atom. The highest BCUT2D eigenvalue weighted by Crippen LogP contribution is 2.29. The summed E-state index contributed by atoms with van der Waals surface area (Å²) >= 11 is 0. The second kappa shape index (κ2) is 18.1. The number of carboxylic acid groups (broad SMARTS) is 2. The highest BCUT2D eigenvalue weighted by molar-refractivity contribution is 6.00. The number of aryl methyl sites for hydroxylation is 1. The van der Waals surface area contributed by atoms with Gasteiger partial charge in [-0.1, -0.05) is 19.1 Å². The van der Waals surface area contributed by atoms with Crippen molar-refractivity contribution in [3.8, 4) is 17.1 Å². The topological polar surface area (TPSA) is 225 Å². The summed E-state index contributed by atoms with van der Waals surface area (Å²) in [6.45, 7) is 3.00. The summed E-state index contributed by atoms with van der Waals surface area (Å²) in [6.07, 6.45) is -0.589. The fraction of sp³-hybridized carbons (Fsp3) is 0.333. The number of halogens is 2. The lowest BCUT2D eigenvalue weighted by Gasteiger charge is -2.29. The van der Waals surface area contributed by atoms with Crippen molar-refractivity contribution in [3.63, 3.8) is 0 Å². The molecule has 0 aliphatic carbocycles. The van der Waals surface area contributed by atoms with E-state index in [-0.39, 0.29) is 60.7 Å². The first-order valence-electron chi connectivity index (χ1n) is 15.3. The number of nitrogens with zero attached hydrogens (tertiary/aromatic N) is 1. The molecular formula is C33H36F2N4O11. The van der Waals surface area contributed by atoms with E-state index in [1.54, 1.807) is 13.8 Å². The normalized spacial score (nSPS) is 12.6. The van der Waals surface area contributed by atoms with Gasteiger partial charge in [-0.15, -0.1) is 0 Å². The van der Waals surface area contributed by atoms with E-state index in [4.69, 9.17) is 14.3 Å². The average molecular weight is 703 g/mol. The smallest absolute Gasteiger partial charge is 0.326 e. The number of carboxylic acids is 2. The quantitative estimate of drug-likeness (QED) is 0.0461. The van der Waals surface area contributed by atoms with Crippen LogP contribution in [0, 0.1) is 17.6 Å². The van der Waals surface area contributed by atoms with E-state index in [0.717, 1.165) is 6.07 Å². The summed E-state index contributed by atoms with van der Waals surface area (Å²) < 4.78 is 38.7. The van der Waals surface area contributed by atoms with Gasteiger partial charge in [-0.2, -0.15) is 0 Å². The Kier molecular flexibility index (Phi) is 14.0. The van der Waals surface area contributed by atoms with E-state index in [1.807, 2.05) is 0 Å². The first kappa shape index (κ1) is 38.6. The number of amides is 4. The number of hydrogen-bond donors (Lipinski definition) is 6. The second-order valence-electron chi connectivity index (χ2n) is 10.8. The molecular weight excluding hydrogens is 666 g/mol. The van der Waals surface area contributed by atoms with Crippen LogP contribution >= 0.6 is 0 Å². The fourth-order valence-electron chi connectivity index (χ4n) is 5.06. The number of rotatable bonds is 19. The third kappa shape index (κ3) is 10.3. The third-order valence-corrected chi connectivity index (χ3v) is 7.54. The molecule has 17 heteroatoms. The van der Waals surface area contributed by atoms with Gasteiger partial charge in [0.05, 0.1) is 37.2 Å². The van der Waals surface area contributed by atoms with E-state index >= 15 is 0 Å². The Hall–Kier alpha value is -5.84. The predicted octanol–water partition coefficient (Wildman–Crippen LogP) is 2.96. The number of hydrogen-bond acceptors (Lipinski definition) is 9. The zero-order valence-electron chi connectivity index (χ0n) is 27.0. The van der Waals surface area contributed by atoms with Gasteiger partial charge >= 0.3 is 11.9 Å². The zero-order chi connectivity index (χ0) is 37.0. The first-order chi connectivity index (χ1) is 23.8. The zero-order valence-corrected chi connectivity index (χ0v) is 27.0. The van der Waals surface area contributed by atoms with E-state index in [0.29, 0.717) is 16.7 Å². The molecule has 0 bridgehead atoms. The molecule has 0 fully saturated rings. The van der Waals surface area contributed by atoms with Gasteiger partial charge in [-0.25, -0.2) is 18.6 Å². The van der Waals surface area contributed by atoms with Gasteiger partial charge in [0.25, 0.3) is 11.8 Å². The van der Waals surface area contributed by atoms with Crippen LogP contribution in [-0.4, -0.2) is 81.9 Å². The van der Waals surface area contributed by atoms with Crippen molar-refractivity contribution in [3.05, 3.63) is 77.1 Å². The van der Waals surface area contributed by atoms with Crippen molar-refractivity contribution in [1.82, 2.24) is 21.0 Å². The fourth-order valence-corrected chi connectivity index (χ4v) is 5.06. The lowest BCUT2D eigenvalue weighted by molar-refractivity contribution is -0.168. The molecule has 0 radical (unpaired) electrons. The van der Waals surface area contributed by atoms with Gasteiger partial charge in [0.15, 0.2) is 5.76 Å². The Labute approximate surface area is 284 Å². The molecule has 2 aromatic carbocycles. The van der Waals surface area contributed by atoms with E-state index < -0.39 is 72.4 Å². The Balaban J connectivity index is 1.68. The highest BCUT2D eigenvalue weighted by Gasteiger charge is 2.31. The van der Waals surface area contributed by atoms with Crippen LogP contribution in [0.3, 0.4) is 0 Å². The van der Waals surface area contributed by atoms with Crippen LogP contribution in [0.15, 0.2) is 52.9 Å². The summed E-state index contributed by atoms with van der Waals surface area (Å²) in [6, 6.07) is 7.31. The van der Waals surface area contributed by atoms with Crippen molar-refractivity contribution >= 4 is 36.1 Å². The molecule has 3 aromatic rings. The Morgan fingerprint density at radius 1 is 0.980 bits per heavy atom. The third-order valence-electron chi connectivity index (χ3n) is 7.54. The van der Waals surface area contributed by atoms with Gasteiger partial charge < -0.3 is 35.3 Å². The molecule has 1 unspecified atom stereocenters. The average Bonchev–Trinajstić information content (AvgIpc) is 3.57. The van der Waals surface area contributed by atoms with Crippen molar-refractivity contribution in [1.29, 1.82) is 0 Å². The molecule has 0 aliphatic rings. The van der Waals surface area contributed by atoms with Crippen LogP contribution in [0.4, 0.5) is 8.78 Å². The van der Waals surface area contributed by atoms with Gasteiger partial charge in [-0.05, 0) is 62.1 Å². The molecule has 50 heavy (non-hydrogen) atoms. The molecule has 4 amide bonds. The molecule has 0 saturated heterocycles. The second-order valence-corrected chi connectivity index (χ2v) is 10.8. The summed E-state index contributed by atoms with van der Waals surface area (Å²) in [4.78, 5) is 72.4. The minimum Gasteiger partial charge on any atom is -0.493 e. The number of benzene rings is 2.